The maximum atomic E-state index is 8.99. The molecule has 0 unspecified atom stereocenters. The molecule has 0 spiro atoms. The molecule has 3 nitrogen and oxygen atoms in total. The van der Waals surface area contributed by atoms with Gasteiger partial charge in [0.1, 0.15) is 5.75 Å². The van der Waals surface area contributed by atoms with Crippen molar-refractivity contribution in [3.63, 3.8) is 0 Å². The first-order valence-corrected chi connectivity index (χ1v) is 6.73. The predicted octanol–water partition coefficient (Wildman–Crippen LogP) is 3.05. The Morgan fingerprint density at radius 2 is 1.67 bits per heavy atom. The number of hydrogen-bond acceptors (Lipinski definition) is 3. The van der Waals surface area contributed by atoms with Crippen LogP contribution in [0.25, 0.3) is 22.4 Å². The smallest absolute Gasteiger partial charge is 0.504 e. The molecule has 1 heterocycles. The van der Waals surface area contributed by atoms with Crippen LogP contribution in [-0.2, 0) is 0 Å². The maximum Gasteiger partial charge on any atom is 0.504 e. The van der Waals surface area contributed by atoms with E-state index in [1.807, 2.05) is 60.7 Å². The Labute approximate surface area is 124 Å². The molecule has 1 aromatic heterocycles. The Morgan fingerprint density at radius 3 is 2.48 bits per heavy atom. The first-order valence-electron chi connectivity index (χ1n) is 6.73. The van der Waals surface area contributed by atoms with E-state index in [0.29, 0.717) is 5.75 Å². The summed E-state index contributed by atoms with van der Waals surface area (Å²) < 4.78 is 5.28. The van der Waals surface area contributed by atoms with Gasteiger partial charge in [-0.3, -0.25) is 4.98 Å². The Kier molecular flexibility index (Phi) is 3.98. The fraction of sp³-hybridized carbons (Fsp3) is 0. The van der Waals surface area contributed by atoms with E-state index in [1.165, 1.54) is 0 Å². The highest BCUT2D eigenvalue weighted by Gasteiger charge is 2.07. The van der Waals surface area contributed by atoms with Gasteiger partial charge in [-0.1, -0.05) is 42.5 Å². The van der Waals surface area contributed by atoms with Crippen molar-refractivity contribution in [3.8, 4) is 28.1 Å². The molecule has 3 aromatic rings. The van der Waals surface area contributed by atoms with Gasteiger partial charge in [0.25, 0.3) is 0 Å². The van der Waals surface area contributed by atoms with Crippen LogP contribution in [0.4, 0.5) is 0 Å². The molecule has 1 N–H and O–H groups in total. The van der Waals surface area contributed by atoms with Gasteiger partial charge in [0, 0.05) is 17.3 Å². The number of para-hydroxylation sites is 1. The average Bonchev–Trinajstić information content (AvgIpc) is 2.57. The lowest BCUT2D eigenvalue weighted by Gasteiger charge is -2.11. The molecule has 0 aliphatic carbocycles. The van der Waals surface area contributed by atoms with Crippen molar-refractivity contribution >= 4 is 7.69 Å². The lowest BCUT2D eigenvalue weighted by molar-refractivity contribution is 0.455. The van der Waals surface area contributed by atoms with Crippen molar-refractivity contribution in [2.75, 3.05) is 0 Å². The van der Waals surface area contributed by atoms with E-state index in [0.717, 1.165) is 22.4 Å². The van der Waals surface area contributed by atoms with E-state index in [1.54, 1.807) is 6.20 Å². The molecule has 0 radical (unpaired) electrons. The molecular weight excluding hydrogens is 261 g/mol. The molecule has 0 atom stereocenters. The van der Waals surface area contributed by atoms with Crippen LogP contribution in [0.3, 0.4) is 0 Å². The van der Waals surface area contributed by atoms with Gasteiger partial charge < -0.3 is 9.68 Å². The topological polar surface area (TPSA) is 42.4 Å². The monoisotopic (exact) mass is 275 g/mol. The molecule has 4 heteroatoms. The van der Waals surface area contributed by atoms with Gasteiger partial charge in [0.15, 0.2) is 0 Å². The number of pyridine rings is 1. The van der Waals surface area contributed by atoms with Gasteiger partial charge in [-0.2, -0.15) is 0 Å². The molecule has 0 saturated heterocycles. The average molecular weight is 275 g/mol. The Balaban J connectivity index is 2.05. The number of aromatic nitrogens is 1. The second-order valence-corrected chi connectivity index (χ2v) is 4.57. The van der Waals surface area contributed by atoms with Gasteiger partial charge >= 0.3 is 7.69 Å². The summed E-state index contributed by atoms with van der Waals surface area (Å²) in [4.78, 5) is 4.37. The fourth-order valence-corrected chi connectivity index (χ4v) is 2.28. The second-order valence-electron chi connectivity index (χ2n) is 4.57. The SMILES string of the molecule is OBOc1ccccc1-c1cccc(-c2ccccn2)c1. The minimum Gasteiger partial charge on any atom is -0.538 e. The molecule has 102 valence electrons. The van der Waals surface area contributed by atoms with E-state index < -0.39 is 0 Å². The molecule has 0 fully saturated rings. The molecular formula is C17H14BNO2. The summed E-state index contributed by atoms with van der Waals surface area (Å²) in [5.41, 5.74) is 3.96. The van der Waals surface area contributed by atoms with Crippen LogP contribution in [0, 0.1) is 0 Å². The van der Waals surface area contributed by atoms with E-state index in [-0.39, 0.29) is 7.69 Å². The summed E-state index contributed by atoms with van der Waals surface area (Å²) in [6.07, 6.45) is 1.78. The van der Waals surface area contributed by atoms with Gasteiger partial charge in [0.2, 0.25) is 0 Å². The predicted molar refractivity (Wildman–Crippen MR) is 85.1 cm³/mol. The summed E-state index contributed by atoms with van der Waals surface area (Å²) in [6, 6.07) is 21.6. The minimum atomic E-state index is -0.336. The van der Waals surface area contributed by atoms with Crippen LogP contribution in [0.1, 0.15) is 0 Å². The highest BCUT2D eigenvalue weighted by Crippen LogP contribution is 2.31. The van der Waals surface area contributed by atoms with Crippen molar-refractivity contribution in [3.05, 3.63) is 72.9 Å². The fourth-order valence-electron chi connectivity index (χ4n) is 2.28. The van der Waals surface area contributed by atoms with Crippen molar-refractivity contribution in [1.29, 1.82) is 0 Å². The number of benzene rings is 2. The largest absolute Gasteiger partial charge is 0.538 e. The zero-order valence-electron chi connectivity index (χ0n) is 11.4. The van der Waals surface area contributed by atoms with Crippen molar-refractivity contribution in [1.82, 2.24) is 4.98 Å². The van der Waals surface area contributed by atoms with Crippen molar-refractivity contribution < 1.29 is 9.68 Å². The molecule has 0 bridgehead atoms. The Hall–Kier alpha value is -2.59. The van der Waals surface area contributed by atoms with Crippen LogP contribution in [0.15, 0.2) is 72.9 Å². The normalized spacial score (nSPS) is 10.1. The summed E-state index contributed by atoms with van der Waals surface area (Å²) in [5.74, 6) is 0.665. The molecule has 0 amide bonds. The van der Waals surface area contributed by atoms with Crippen molar-refractivity contribution in [2.45, 2.75) is 0 Å². The molecule has 0 aliphatic rings. The maximum absolute atomic E-state index is 8.99. The van der Waals surface area contributed by atoms with Gasteiger partial charge in [-0.15, -0.1) is 0 Å². The molecule has 0 saturated carbocycles. The standard InChI is InChI=1S/C17H14BNO2/c20-18-21-17-10-2-1-8-15(17)13-6-5-7-14(12-13)16-9-3-4-11-19-16/h1-12,18,20H. The van der Waals surface area contributed by atoms with Gasteiger partial charge in [-0.25, -0.2) is 0 Å². The first-order chi connectivity index (χ1) is 10.4. The summed E-state index contributed by atoms with van der Waals surface area (Å²) in [7, 11) is -0.336. The van der Waals surface area contributed by atoms with Crippen LogP contribution in [0.2, 0.25) is 0 Å². The number of nitrogens with zero attached hydrogens (tertiary/aromatic N) is 1. The third-order valence-corrected chi connectivity index (χ3v) is 3.24. The third-order valence-electron chi connectivity index (χ3n) is 3.24. The molecule has 3 rings (SSSR count). The third kappa shape index (κ3) is 2.96. The van der Waals surface area contributed by atoms with Crippen LogP contribution in [-0.4, -0.2) is 17.7 Å². The van der Waals surface area contributed by atoms with E-state index in [4.69, 9.17) is 9.68 Å². The highest BCUT2D eigenvalue weighted by atomic mass is 16.5. The molecule has 0 aliphatic heterocycles. The van der Waals surface area contributed by atoms with E-state index >= 15 is 0 Å². The number of rotatable bonds is 4. The van der Waals surface area contributed by atoms with Gasteiger partial charge in [-0.05, 0) is 29.8 Å². The van der Waals surface area contributed by atoms with Crippen LogP contribution >= 0.6 is 0 Å². The summed E-state index contributed by atoms with van der Waals surface area (Å²) in [6.45, 7) is 0. The lowest BCUT2D eigenvalue weighted by atomic mass is 10.0. The highest BCUT2D eigenvalue weighted by molar-refractivity contribution is 6.17. The van der Waals surface area contributed by atoms with Crippen molar-refractivity contribution in [2.24, 2.45) is 0 Å². The lowest BCUT2D eigenvalue weighted by Crippen LogP contribution is -2.01. The first kappa shape index (κ1) is 13.4. The Bertz CT molecular complexity index is 732. The molecule has 21 heavy (non-hydrogen) atoms. The quantitative estimate of drug-likeness (QED) is 0.744. The number of hydrogen-bond donors (Lipinski definition) is 1. The van der Waals surface area contributed by atoms with Crippen LogP contribution in [0.5, 0.6) is 5.75 Å². The zero-order chi connectivity index (χ0) is 14.5. The zero-order valence-corrected chi connectivity index (χ0v) is 11.4. The summed E-state index contributed by atoms with van der Waals surface area (Å²) in [5, 5.41) is 8.99. The van der Waals surface area contributed by atoms with Gasteiger partial charge in [0.05, 0.1) is 5.69 Å². The van der Waals surface area contributed by atoms with E-state index in [2.05, 4.69) is 11.1 Å². The Morgan fingerprint density at radius 1 is 0.857 bits per heavy atom. The second kappa shape index (κ2) is 6.24. The van der Waals surface area contributed by atoms with Crippen LogP contribution < -0.4 is 4.65 Å². The van der Waals surface area contributed by atoms with E-state index in [9.17, 15) is 0 Å². The molecule has 2 aromatic carbocycles. The minimum absolute atomic E-state index is 0.336. The summed E-state index contributed by atoms with van der Waals surface area (Å²) >= 11 is 0.